The normalized spacial score (nSPS) is 19.6. The molecule has 1 heterocycles. The minimum absolute atomic E-state index is 0.00744. The van der Waals surface area contributed by atoms with Gasteiger partial charge in [0.15, 0.2) is 16.1 Å². The lowest BCUT2D eigenvalue weighted by Gasteiger charge is -2.20. The number of hydrogen-bond donors (Lipinski definition) is 0. The van der Waals surface area contributed by atoms with Gasteiger partial charge in [0.2, 0.25) is 0 Å². The Morgan fingerprint density at radius 1 is 1.21 bits per heavy atom. The van der Waals surface area contributed by atoms with Crippen molar-refractivity contribution < 1.29 is 22.6 Å². The molecule has 3 rings (SSSR count). The van der Waals surface area contributed by atoms with Crippen LogP contribution in [-0.2, 0) is 19.3 Å². The van der Waals surface area contributed by atoms with Crippen molar-refractivity contribution in [2.75, 3.05) is 39.6 Å². The van der Waals surface area contributed by atoms with Gasteiger partial charge >= 0.3 is 0 Å². The molecule has 1 aliphatic heterocycles. The van der Waals surface area contributed by atoms with E-state index in [0.717, 1.165) is 25.1 Å². The van der Waals surface area contributed by atoms with Crippen LogP contribution in [0, 0.1) is 0 Å². The molecule has 1 aliphatic rings. The summed E-state index contributed by atoms with van der Waals surface area (Å²) in [6.45, 7) is 2.64. The number of ether oxygens (including phenoxy) is 3. The summed E-state index contributed by atoms with van der Waals surface area (Å²) in [5.74, 6) is 0.564. The standard InChI is InChI=1S/C21H26ClNO5S/c1-23(11-4-12-26-18-5-3-6-20(13-18)29(2,24)25)14-19-15-27-21(28-19)16-7-9-17(22)10-8-16/h3,5-10,13,19,21H,4,11-12,14-15H2,1-2H3/t19-,21-/m1/s1. The minimum atomic E-state index is -3.23. The van der Waals surface area contributed by atoms with Crippen LogP contribution in [0.4, 0.5) is 0 Å². The molecule has 158 valence electrons. The summed E-state index contributed by atoms with van der Waals surface area (Å²) in [6, 6.07) is 14.1. The van der Waals surface area contributed by atoms with E-state index in [9.17, 15) is 8.42 Å². The quantitative estimate of drug-likeness (QED) is 0.556. The highest BCUT2D eigenvalue weighted by atomic mass is 35.5. The number of likely N-dealkylation sites (N-methyl/N-ethyl adjacent to an activating group) is 1. The van der Waals surface area contributed by atoms with Crippen LogP contribution in [0.3, 0.4) is 0 Å². The summed E-state index contributed by atoms with van der Waals surface area (Å²) in [7, 11) is -1.20. The van der Waals surface area contributed by atoms with Gasteiger partial charge < -0.3 is 19.1 Å². The van der Waals surface area contributed by atoms with Crippen molar-refractivity contribution in [3.05, 3.63) is 59.1 Å². The zero-order chi connectivity index (χ0) is 20.9. The predicted molar refractivity (Wildman–Crippen MR) is 112 cm³/mol. The van der Waals surface area contributed by atoms with Crippen LogP contribution in [0.15, 0.2) is 53.4 Å². The van der Waals surface area contributed by atoms with E-state index >= 15 is 0 Å². The Labute approximate surface area is 177 Å². The van der Waals surface area contributed by atoms with Gasteiger partial charge in [0.05, 0.1) is 24.2 Å². The number of sulfone groups is 1. The molecular formula is C21H26ClNO5S. The third-order valence-electron chi connectivity index (χ3n) is 4.59. The predicted octanol–water partition coefficient (Wildman–Crippen LogP) is 3.56. The highest BCUT2D eigenvalue weighted by Gasteiger charge is 2.28. The van der Waals surface area contributed by atoms with Crippen molar-refractivity contribution >= 4 is 21.4 Å². The Morgan fingerprint density at radius 3 is 2.69 bits per heavy atom. The zero-order valence-corrected chi connectivity index (χ0v) is 18.2. The van der Waals surface area contributed by atoms with Crippen molar-refractivity contribution in [3.63, 3.8) is 0 Å². The lowest BCUT2D eigenvalue weighted by molar-refractivity contribution is -0.0635. The molecule has 0 radical (unpaired) electrons. The van der Waals surface area contributed by atoms with E-state index in [4.69, 9.17) is 25.8 Å². The highest BCUT2D eigenvalue weighted by Crippen LogP contribution is 2.28. The van der Waals surface area contributed by atoms with Crippen LogP contribution in [-0.4, -0.2) is 59.0 Å². The van der Waals surface area contributed by atoms with Crippen LogP contribution >= 0.6 is 11.6 Å². The van der Waals surface area contributed by atoms with Gasteiger partial charge in [0, 0.05) is 29.9 Å². The van der Waals surface area contributed by atoms with Crippen molar-refractivity contribution in [1.82, 2.24) is 4.90 Å². The molecule has 29 heavy (non-hydrogen) atoms. The first-order valence-corrected chi connectivity index (χ1v) is 11.7. The molecule has 1 saturated heterocycles. The number of hydrogen-bond acceptors (Lipinski definition) is 6. The minimum Gasteiger partial charge on any atom is -0.494 e. The lowest BCUT2D eigenvalue weighted by atomic mass is 10.2. The molecule has 0 bridgehead atoms. The largest absolute Gasteiger partial charge is 0.494 e. The van der Waals surface area contributed by atoms with Crippen LogP contribution < -0.4 is 4.74 Å². The van der Waals surface area contributed by atoms with E-state index < -0.39 is 9.84 Å². The second-order valence-corrected chi connectivity index (χ2v) is 9.64. The smallest absolute Gasteiger partial charge is 0.184 e. The zero-order valence-electron chi connectivity index (χ0n) is 16.6. The van der Waals surface area contributed by atoms with Crippen molar-refractivity contribution in [3.8, 4) is 5.75 Å². The molecule has 6 nitrogen and oxygen atoms in total. The van der Waals surface area contributed by atoms with Gasteiger partial charge in [-0.25, -0.2) is 8.42 Å². The first kappa shape index (κ1) is 22.1. The summed E-state index contributed by atoms with van der Waals surface area (Å²) < 4.78 is 40.6. The summed E-state index contributed by atoms with van der Waals surface area (Å²) in [5.41, 5.74) is 0.962. The van der Waals surface area contributed by atoms with Gasteiger partial charge in [-0.1, -0.05) is 29.8 Å². The topological polar surface area (TPSA) is 65.1 Å². The lowest BCUT2D eigenvalue weighted by Crippen LogP contribution is -2.31. The first-order valence-electron chi connectivity index (χ1n) is 9.45. The SMILES string of the molecule is CN(CCCOc1cccc(S(C)(=O)=O)c1)C[C@@H]1CO[C@@H](c2ccc(Cl)cc2)O1. The molecule has 0 aromatic heterocycles. The summed E-state index contributed by atoms with van der Waals surface area (Å²) in [5, 5.41) is 0.688. The number of nitrogens with zero attached hydrogens (tertiary/aromatic N) is 1. The Kier molecular flexibility index (Phi) is 7.54. The monoisotopic (exact) mass is 439 g/mol. The second-order valence-electron chi connectivity index (χ2n) is 7.19. The molecule has 2 atom stereocenters. The molecule has 1 fully saturated rings. The third-order valence-corrected chi connectivity index (χ3v) is 5.96. The number of rotatable bonds is 9. The molecule has 0 aliphatic carbocycles. The molecule has 8 heteroatoms. The summed E-state index contributed by atoms with van der Waals surface area (Å²) in [4.78, 5) is 2.44. The third kappa shape index (κ3) is 6.69. The first-order chi connectivity index (χ1) is 13.8. The molecule has 0 spiro atoms. The van der Waals surface area contributed by atoms with Crippen molar-refractivity contribution in [2.45, 2.75) is 23.7 Å². The Balaban J connectivity index is 1.37. The number of benzene rings is 2. The second kappa shape index (κ2) is 9.91. The van der Waals surface area contributed by atoms with E-state index in [2.05, 4.69) is 4.90 Å². The van der Waals surface area contributed by atoms with E-state index in [1.807, 2.05) is 31.3 Å². The fourth-order valence-corrected chi connectivity index (χ4v) is 3.88. The van der Waals surface area contributed by atoms with Gasteiger partial charge in [0.25, 0.3) is 0 Å². The Hall–Kier alpha value is -1.64. The Bertz CT molecular complexity index is 904. The fraction of sp³-hybridized carbons (Fsp3) is 0.429. The van der Waals surface area contributed by atoms with Crippen molar-refractivity contribution in [2.24, 2.45) is 0 Å². The van der Waals surface area contributed by atoms with Crippen molar-refractivity contribution in [1.29, 1.82) is 0 Å². The number of halogens is 1. The maximum atomic E-state index is 11.6. The molecular weight excluding hydrogens is 414 g/mol. The average molecular weight is 440 g/mol. The molecule has 0 N–H and O–H groups in total. The van der Waals surface area contributed by atoms with Crippen LogP contribution in [0.2, 0.25) is 5.02 Å². The van der Waals surface area contributed by atoms with Crippen LogP contribution in [0.25, 0.3) is 0 Å². The highest BCUT2D eigenvalue weighted by molar-refractivity contribution is 7.90. The van der Waals surface area contributed by atoms with Crippen LogP contribution in [0.1, 0.15) is 18.3 Å². The van der Waals surface area contributed by atoms with Gasteiger partial charge in [-0.3, -0.25) is 0 Å². The molecule has 0 amide bonds. The van der Waals surface area contributed by atoms with E-state index in [1.54, 1.807) is 24.3 Å². The molecule has 2 aromatic carbocycles. The average Bonchev–Trinajstić information content (AvgIpc) is 3.14. The fourth-order valence-electron chi connectivity index (χ4n) is 3.10. The van der Waals surface area contributed by atoms with E-state index in [1.165, 1.54) is 6.26 Å². The van der Waals surface area contributed by atoms with Crippen LogP contribution in [0.5, 0.6) is 5.75 Å². The maximum Gasteiger partial charge on any atom is 0.184 e. The molecule has 0 saturated carbocycles. The summed E-state index contributed by atoms with van der Waals surface area (Å²) >= 11 is 5.92. The van der Waals surface area contributed by atoms with E-state index in [0.29, 0.717) is 24.0 Å². The maximum absolute atomic E-state index is 11.6. The summed E-state index contributed by atoms with van der Waals surface area (Å²) in [6.07, 6.45) is 1.66. The molecule has 0 unspecified atom stereocenters. The Morgan fingerprint density at radius 2 is 1.97 bits per heavy atom. The van der Waals surface area contributed by atoms with Gasteiger partial charge in [-0.15, -0.1) is 0 Å². The van der Waals surface area contributed by atoms with Gasteiger partial charge in [-0.2, -0.15) is 0 Å². The van der Waals surface area contributed by atoms with Gasteiger partial charge in [-0.05, 0) is 43.8 Å². The van der Waals surface area contributed by atoms with Gasteiger partial charge in [0.1, 0.15) is 5.75 Å². The molecule has 2 aromatic rings. The van der Waals surface area contributed by atoms with E-state index in [-0.39, 0.29) is 17.3 Å².